The van der Waals surface area contributed by atoms with E-state index in [2.05, 4.69) is 5.10 Å². The van der Waals surface area contributed by atoms with E-state index in [1.54, 1.807) is 24.0 Å². The summed E-state index contributed by atoms with van der Waals surface area (Å²) in [5.74, 6) is -0.999. The Bertz CT molecular complexity index is 282. The number of hydrogen-bond donors (Lipinski definition) is 2. The van der Waals surface area contributed by atoms with E-state index in [0.29, 0.717) is 5.69 Å². The van der Waals surface area contributed by atoms with Crippen molar-refractivity contribution < 1.29 is 9.90 Å². The molecular formula is C7H11N3O2. The first kappa shape index (κ1) is 8.73. The molecule has 0 spiro atoms. The van der Waals surface area contributed by atoms with E-state index in [1.807, 2.05) is 0 Å². The maximum Gasteiger partial charge on any atom is 0.320 e. The molecule has 5 nitrogen and oxygen atoms in total. The molecule has 0 radical (unpaired) electrons. The molecule has 1 atom stereocenters. The number of carbonyl (C=O) groups is 1. The maximum absolute atomic E-state index is 10.4. The number of rotatable bonds is 3. The molecule has 3 N–H and O–H groups in total. The standard InChI is InChI=1S/C7H11N3O2/c1-10-3-2-5(9-10)4-6(8)7(11)12/h2-3,6H,4,8H2,1H3,(H,11,12)/t6-/m0/s1. The summed E-state index contributed by atoms with van der Waals surface area (Å²) in [6.07, 6.45) is 2.03. The summed E-state index contributed by atoms with van der Waals surface area (Å²) in [5, 5.41) is 12.5. The van der Waals surface area contributed by atoms with E-state index in [1.165, 1.54) is 0 Å². The van der Waals surface area contributed by atoms with Gasteiger partial charge in [0.05, 0.1) is 5.69 Å². The molecule has 0 aliphatic heterocycles. The molecule has 0 aromatic carbocycles. The van der Waals surface area contributed by atoms with Gasteiger partial charge >= 0.3 is 5.97 Å². The molecule has 0 aliphatic carbocycles. The fourth-order valence-corrected chi connectivity index (χ4v) is 0.885. The molecule has 0 amide bonds. The number of carboxylic acid groups (broad SMARTS) is 1. The van der Waals surface area contributed by atoms with Crippen LogP contribution < -0.4 is 5.73 Å². The Labute approximate surface area is 69.8 Å². The van der Waals surface area contributed by atoms with Crippen LogP contribution in [0.4, 0.5) is 0 Å². The van der Waals surface area contributed by atoms with Gasteiger partial charge in [0, 0.05) is 19.7 Å². The van der Waals surface area contributed by atoms with Gasteiger partial charge in [0.15, 0.2) is 0 Å². The van der Waals surface area contributed by atoms with Crippen molar-refractivity contribution in [1.82, 2.24) is 9.78 Å². The van der Waals surface area contributed by atoms with Gasteiger partial charge in [0.2, 0.25) is 0 Å². The Balaban J connectivity index is 2.58. The van der Waals surface area contributed by atoms with Crippen LogP contribution >= 0.6 is 0 Å². The summed E-state index contributed by atoms with van der Waals surface area (Å²) in [6.45, 7) is 0. The monoisotopic (exact) mass is 169 g/mol. The van der Waals surface area contributed by atoms with Gasteiger partial charge in [-0.05, 0) is 6.07 Å². The Morgan fingerprint density at radius 1 is 1.92 bits per heavy atom. The number of nitrogens with two attached hydrogens (primary N) is 1. The first-order chi connectivity index (χ1) is 5.59. The summed E-state index contributed by atoms with van der Waals surface area (Å²) in [4.78, 5) is 10.4. The van der Waals surface area contributed by atoms with Gasteiger partial charge in [0.1, 0.15) is 6.04 Å². The minimum atomic E-state index is -0.999. The second-order valence-corrected chi connectivity index (χ2v) is 2.63. The zero-order valence-electron chi connectivity index (χ0n) is 6.77. The molecular weight excluding hydrogens is 158 g/mol. The lowest BCUT2D eigenvalue weighted by atomic mass is 10.2. The fourth-order valence-electron chi connectivity index (χ4n) is 0.885. The molecule has 0 fully saturated rings. The van der Waals surface area contributed by atoms with Crippen LogP contribution in [0.2, 0.25) is 0 Å². The molecule has 0 bridgehead atoms. The van der Waals surface area contributed by atoms with Crippen LogP contribution in [0.1, 0.15) is 5.69 Å². The Hall–Kier alpha value is -1.36. The van der Waals surface area contributed by atoms with E-state index >= 15 is 0 Å². The average Bonchev–Trinajstić information content (AvgIpc) is 2.35. The number of aryl methyl sites for hydroxylation is 1. The molecule has 1 rings (SSSR count). The largest absolute Gasteiger partial charge is 0.480 e. The lowest BCUT2D eigenvalue weighted by Crippen LogP contribution is -2.32. The third-order valence-electron chi connectivity index (χ3n) is 1.52. The van der Waals surface area contributed by atoms with Crippen molar-refractivity contribution in [2.24, 2.45) is 12.8 Å². The van der Waals surface area contributed by atoms with Crippen molar-refractivity contribution in [3.05, 3.63) is 18.0 Å². The van der Waals surface area contributed by atoms with Crippen LogP contribution in [-0.4, -0.2) is 26.9 Å². The van der Waals surface area contributed by atoms with Gasteiger partial charge in [-0.3, -0.25) is 9.48 Å². The first-order valence-electron chi connectivity index (χ1n) is 3.56. The molecule has 0 saturated heterocycles. The third-order valence-corrected chi connectivity index (χ3v) is 1.52. The van der Waals surface area contributed by atoms with E-state index in [4.69, 9.17) is 10.8 Å². The molecule has 5 heteroatoms. The summed E-state index contributed by atoms with van der Waals surface area (Å²) < 4.78 is 1.61. The van der Waals surface area contributed by atoms with Crippen molar-refractivity contribution in [2.75, 3.05) is 0 Å². The predicted molar refractivity (Wildman–Crippen MR) is 42.5 cm³/mol. The van der Waals surface area contributed by atoms with E-state index < -0.39 is 12.0 Å². The molecule has 1 heterocycles. The third kappa shape index (κ3) is 2.06. The van der Waals surface area contributed by atoms with Crippen LogP contribution in [0.25, 0.3) is 0 Å². The van der Waals surface area contributed by atoms with Crippen molar-refractivity contribution in [1.29, 1.82) is 0 Å². The summed E-state index contributed by atoms with van der Waals surface area (Å²) in [7, 11) is 1.77. The van der Waals surface area contributed by atoms with Crippen molar-refractivity contribution >= 4 is 5.97 Å². The van der Waals surface area contributed by atoms with E-state index in [9.17, 15) is 4.79 Å². The normalized spacial score (nSPS) is 12.8. The maximum atomic E-state index is 10.4. The quantitative estimate of drug-likeness (QED) is 0.631. The first-order valence-corrected chi connectivity index (χ1v) is 3.56. The lowest BCUT2D eigenvalue weighted by Gasteiger charge is -2.01. The van der Waals surface area contributed by atoms with Crippen LogP contribution in [0.5, 0.6) is 0 Å². The summed E-state index contributed by atoms with van der Waals surface area (Å²) in [6, 6.07) is 0.892. The molecule has 12 heavy (non-hydrogen) atoms. The highest BCUT2D eigenvalue weighted by atomic mass is 16.4. The highest BCUT2D eigenvalue weighted by Crippen LogP contribution is 1.97. The van der Waals surface area contributed by atoms with Gasteiger partial charge in [-0.25, -0.2) is 0 Å². The molecule has 66 valence electrons. The highest BCUT2D eigenvalue weighted by molar-refractivity contribution is 5.73. The van der Waals surface area contributed by atoms with Gasteiger partial charge in [0.25, 0.3) is 0 Å². The molecule has 0 saturated carbocycles. The zero-order chi connectivity index (χ0) is 9.14. The fraction of sp³-hybridized carbons (Fsp3) is 0.429. The van der Waals surface area contributed by atoms with Gasteiger partial charge in [-0.1, -0.05) is 0 Å². The minimum Gasteiger partial charge on any atom is -0.480 e. The molecule has 0 unspecified atom stereocenters. The summed E-state index contributed by atoms with van der Waals surface area (Å²) >= 11 is 0. The van der Waals surface area contributed by atoms with Crippen molar-refractivity contribution in [3.63, 3.8) is 0 Å². The van der Waals surface area contributed by atoms with Gasteiger partial charge in [-0.2, -0.15) is 5.10 Å². The number of aliphatic carboxylic acids is 1. The topological polar surface area (TPSA) is 81.1 Å². The Morgan fingerprint density at radius 2 is 2.58 bits per heavy atom. The van der Waals surface area contributed by atoms with E-state index in [0.717, 1.165) is 0 Å². The Morgan fingerprint density at radius 3 is 3.00 bits per heavy atom. The van der Waals surface area contributed by atoms with Crippen LogP contribution in [0.3, 0.4) is 0 Å². The van der Waals surface area contributed by atoms with Gasteiger partial charge < -0.3 is 10.8 Å². The molecule has 1 aromatic rings. The molecule has 0 aliphatic rings. The second kappa shape index (κ2) is 3.36. The smallest absolute Gasteiger partial charge is 0.320 e. The van der Waals surface area contributed by atoms with Crippen molar-refractivity contribution in [3.8, 4) is 0 Å². The van der Waals surface area contributed by atoms with E-state index in [-0.39, 0.29) is 6.42 Å². The van der Waals surface area contributed by atoms with Crippen LogP contribution in [0, 0.1) is 0 Å². The number of hydrogen-bond acceptors (Lipinski definition) is 3. The SMILES string of the molecule is Cn1ccc(C[C@H](N)C(=O)O)n1. The van der Waals surface area contributed by atoms with Gasteiger partial charge in [-0.15, -0.1) is 0 Å². The predicted octanol–water partition coefficient (Wildman–Crippen LogP) is -0.626. The Kier molecular flexibility index (Phi) is 2.44. The van der Waals surface area contributed by atoms with Crippen LogP contribution in [0.15, 0.2) is 12.3 Å². The highest BCUT2D eigenvalue weighted by Gasteiger charge is 2.12. The number of aromatic nitrogens is 2. The zero-order valence-corrected chi connectivity index (χ0v) is 6.77. The number of carboxylic acids is 1. The molecule has 1 aromatic heterocycles. The average molecular weight is 169 g/mol. The minimum absolute atomic E-state index is 0.274. The van der Waals surface area contributed by atoms with Crippen molar-refractivity contribution in [2.45, 2.75) is 12.5 Å². The lowest BCUT2D eigenvalue weighted by molar-refractivity contribution is -0.138. The summed E-state index contributed by atoms with van der Waals surface area (Å²) in [5.41, 5.74) is 6.01. The number of nitrogens with zero attached hydrogens (tertiary/aromatic N) is 2. The second-order valence-electron chi connectivity index (χ2n) is 2.63. The van der Waals surface area contributed by atoms with Crippen LogP contribution in [-0.2, 0) is 18.3 Å².